The Hall–Kier alpha value is -2.29. The van der Waals surface area contributed by atoms with Gasteiger partial charge in [0, 0.05) is 31.9 Å². The number of rotatable bonds is 7. The predicted octanol–water partition coefficient (Wildman–Crippen LogP) is 2.29. The molecular formula is C16H20F3N3O3. The van der Waals surface area contributed by atoms with E-state index >= 15 is 0 Å². The Morgan fingerprint density at radius 2 is 2.20 bits per heavy atom. The highest BCUT2D eigenvalue weighted by molar-refractivity contribution is 5.77. The number of nitrogens with one attached hydrogen (secondary N) is 1. The summed E-state index contributed by atoms with van der Waals surface area (Å²) >= 11 is 0. The zero-order valence-corrected chi connectivity index (χ0v) is 13.9. The molecule has 9 heteroatoms. The van der Waals surface area contributed by atoms with Crippen LogP contribution in [0.25, 0.3) is 0 Å². The topological polar surface area (TPSA) is 80.3 Å². The van der Waals surface area contributed by atoms with Crippen LogP contribution in [0.5, 0.6) is 0 Å². The maximum atomic E-state index is 13.4. The molecule has 2 atom stereocenters. The van der Waals surface area contributed by atoms with Crippen molar-refractivity contribution >= 4 is 5.91 Å². The SMILES string of the molecule is CC(CCc1ccco1)NC(=O)CC(O)(c1nccn1C)C(F)(F)F. The van der Waals surface area contributed by atoms with E-state index in [9.17, 15) is 23.1 Å². The van der Waals surface area contributed by atoms with Crippen molar-refractivity contribution in [2.75, 3.05) is 0 Å². The van der Waals surface area contributed by atoms with Gasteiger partial charge < -0.3 is 19.4 Å². The summed E-state index contributed by atoms with van der Waals surface area (Å²) < 4.78 is 46.4. The van der Waals surface area contributed by atoms with Crippen LogP contribution in [-0.4, -0.2) is 32.8 Å². The second-order valence-corrected chi connectivity index (χ2v) is 5.98. The molecule has 2 N–H and O–H groups in total. The third-order valence-electron chi connectivity index (χ3n) is 3.89. The lowest BCUT2D eigenvalue weighted by Crippen LogP contribution is -2.48. The van der Waals surface area contributed by atoms with E-state index in [2.05, 4.69) is 10.3 Å². The lowest BCUT2D eigenvalue weighted by molar-refractivity contribution is -0.271. The Labute approximate surface area is 142 Å². The van der Waals surface area contributed by atoms with Gasteiger partial charge in [-0.05, 0) is 25.5 Å². The monoisotopic (exact) mass is 359 g/mol. The first-order chi connectivity index (χ1) is 11.6. The third-order valence-corrected chi connectivity index (χ3v) is 3.89. The van der Waals surface area contributed by atoms with E-state index in [0.717, 1.165) is 16.5 Å². The number of aliphatic hydroxyl groups is 1. The van der Waals surface area contributed by atoms with Gasteiger partial charge in [0.2, 0.25) is 11.5 Å². The fourth-order valence-corrected chi connectivity index (χ4v) is 2.51. The number of furan rings is 1. The molecule has 0 aliphatic heterocycles. The molecule has 2 unspecified atom stereocenters. The smallest absolute Gasteiger partial charge is 0.425 e. The molecule has 0 spiro atoms. The summed E-state index contributed by atoms with van der Waals surface area (Å²) in [4.78, 5) is 15.6. The average Bonchev–Trinajstić information content (AvgIpc) is 3.14. The first-order valence-corrected chi connectivity index (χ1v) is 7.72. The Balaban J connectivity index is 2.01. The number of imidazole rings is 1. The summed E-state index contributed by atoms with van der Waals surface area (Å²) in [7, 11) is 1.32. The average molecular weight is 359 g/mol. The quantitative estimate of drug-likeness (QED) is 0.795. The lowest BCUT2D eigenvalue weighted by atomic mass is 9.96. The van der Waals surface area contributed by atoms with E-state index in [4.69, 9.17) is 4.42 Å². The number of alkyl halides is 3. The third kappa shape index (κ3) is 4.41. The van der Waals surface area contributed by atoms with Gasteiger partial charge in [0.1, 0.15) is 5.76 Å². The Morgan fingerprint density at radius 3 is 2.72 bits per heavy atom. The molecule has 0 bridgehead atoms. The molecule has 25 heavy (non-hydrogen) atoms. The van der Waals surface area contributed by atoms with Gasteiger partial charge in [-0.1, -0.05) is 0 Å². The Bertz CT molecular complexity index is 697. The number of aryl methyl sites for hydroxylation is 2. The van der Waals surface area contributed by atoms with Gasteiger partial charge in [-0.25, -0.2) is 4.98 Å². The second-order valence-electron chi connectivity index (χ2n) is 5.98. The summed E-state index contributed by atoms with van der Waals surface area (Å²) in [5, 5.41) is 12.6. The molecule has 138 valence electrons. The Morgan fingerprint density at radius 1 is 1.48 bits per heavy atom. The van der Waals surface area contributed by atoms with Gasteiger partial charge in [0.05, 0.1) is 12.7 Å². The number of amides is 1. The van der Waals surface area contributed by atoms with Crippen LogP contribution in [0.2, 0.25) is 0 Å². The summed E-state index contributed by atoms with van der Waals surface area (Å²) in [5.74, 6) is -0.811. The minimum Gasteiger partial charge on any atom is -0.469 e. The maximum absolute atomic E-state index is 13.4. The van der Waals surface area contributed by atoms with Crippen LogP contribution >= 0.6 is 0 Å². The molecular weight excluding hydrogens is 339 g/mol. The normalized spacial score (nSPS) is 15.6. The molecule has 0 aliphatic rings. The first kappa shape index (κ1) is 19.0. The molecule has 2 aromatic heterocycles. The summed E-state index contributed by atoms with van der Waals surface area (Å²) in [6, 6.07) is 3.13. The van der Waals surface area contributed by atoms with E-state index in [-0.39, 0.29) is 6.04 Å². The Kier molecular flexibility index (Phi) is 5.56. The molecule has 0 saturated carbocycles. The van der Waals surface area contributed by atoms with Crippen molar-refractivity contribution < 1.29 is 27.5 Å². The molecule has 2 aromatic rings. The fraction of sp³-hybridized carbons (Fsp3) is 0.500. The van der Waals surface area contributed by atoms with E-state index in [0.29, 0.717) is 12.8 Å². The number of aromatic nitrogens is 2. The van der Waals surface area contributed by atoms with E-state index in [1.54, 1.807) is 19.1 Å². The van der Waals surface area contributed by atoms with Gasteiger partial charge in [-0.2, -0.15) is 13.2 Å². The van der Waals surface area contributed by atoms with Crippen LogP contribution in [-0.2, 0) is 23.9 Å². The molecule has 0 fully saturated rings. The maximum Gasteiger partial charge on any atom is 0.425 e. The minimum absolute atomic E-state index is 0.378. The number of halogens is 3. The number of hydrogen-bond donors (Lipinski definition) is 2. The van der Waals surface area contributed by atoms with Crippen LogP contribution in [0.15, 0.2) is 35.2 Å². The highest BCUT2D eigenvalue weighted by Crippen LogP contribution is 2.40. The molecule has 0 saturated heterocycles. The van der Waals surface area contributed by atoms with Crippen LogP contribution in [0.3, 0.4) is 0 Å². The zero-order valence-electron chi connectivity index (χ0n) is 13.9. The van der Waals surface area contributed by atoms with Crippen molar-refractivity contribution in [2.45, 2.75) is 44.0 Å². The van der Waals surface area contributed by atoms with Crippen LogP contribution in [0, 0.1) is 0 Å². The summed E-state index contributed by atoms with van der Waals surface area (Å²) in [6.45, 7) is 1.67. The van der Waals surface area contributed by atoms with Crippen molar-refractivity contribution in [3.05, 3.63) is 42.4 Å². The van der Waals surface area contributed by atoms with Crippen molar-refractivity contribution in [1.82, 2.24) is 14.9 Å². The summed E-state index contributed by atoms with van der Waals surface area (Å²) in [5.41, 5.74) is -3.35. The van der Waals surface area contributed by atoms with Crippen LogP contribution in [0.1, 0.15) is 31.4 Å². The minimum atomic E-state index is -5.04. The molecule has 6 nitrogen and oxygen atoms in total. The fourth-order valence-electron chi connectivity index (χ4n) is 2.51. The van der Waals surface area contributed by atoms with Gasteiger partial charge in [-0.3, -0.25) is 4.79 Å². The predicted molar refractivity (Wildman–Crippen MR) is 82.4 cm³/mol. The molecule has 0 radical (unpaired) electrons. The number of nitrogens with zero attached hydrogens (tertiary/aromatic N) is 2. The molecule has 2 rings (SSSR count). The molecule has 1 amide bonds. The van der Waals surface area contributed by atoms with Crippen molar-refractivity contribution in [1.29, 1.82) is 0 Å². The number of hydrogen-bond acceptors (Lipinski definition) is 4. The number of carbonyl (C=O) groups is 1. The molecule has 2 heterocycles. The van der Waals surface area contributed by atoms with Gasteiger partial charge in [-0.15, -0.1) is 0 Å². The second kappa shape index (κ2) is 7.30. The van der Waals surface area contributed by atoms with E-state index in [1.165, 1.54) is 19.5 Å². The van der Waals surface area contributed by atoms with Crippen LogP contribution in [0.4, 0.5) is 13.2 Å². The first-order valence-electron chi connectivity index (χ1n) is 7.72. The van der Waals surface area contributed by atoms with Crippen molar-refractivity contribution in [3.63, 3.8) is 0 Å². The zero-order chi connectivity index (χ0) is 18.7. The molecule has 0 aromatic carbocycles. The molecule has 0 aliphatic carbocycles. The van der Waals surface area contributed by atoms with Crippen LogP contribution < -0.4 is 5.32 Å². The highest BCUT2D eigenvalue weighted by Gasteiger charge is 2.58. The standard InChI is InChI=1S/C16H20F3N3O3/c1-11(5-6-12-4-3-9-25-12)21-13(23)10-15(24,16(17,18)19)14-20-7-8-22(14)2/h3-4,7-9,11,24H,5-6,10H2,1-2H3,(H,21,23). The van der Waals surface area contributed by atoms with E-state index < -0.39 is 29.9 Å². The highest BCUT2D eigenvalue weighted by atomic mass is 19.4. The van der Waals surface area contributed by atoms with Crippen molar-refractivity contribution in [3.8, 4) is 0 Å². The van der Waals surface area contributed by atoms with Gasteiger partial charge in [0.25, 0.3) is 0 Å². The van der Waals surface area contributed by atoms with Crippen molar-refractivity contribution in [2.24, 2.45) is 7.05 Å². The summed E-state index contributed by atoms with van der Waals surface area (Å²) in [6.07, 6.45) is -1.24. The largest absolute Gasteiger partial charge is 0.469 e. The van der Waals surface area contributed by atoms with Gasteiger partial charge >= 0.3 is 6.18 Å². The van der Waals surface area contributed by atoms with E-state index in [1.807, 2.05) is 0 Å². The number of carbonyl (C=O) groups excluding carboxylic acids is 1. The lowest BCUT2D eigenvalue weighted by Gasteiger charge is -2.29. The van der Waals surface area contributed by atoms with Gasteiger partial charge in [0.15, 0.2) is 5.82 Å².